The molecule has 2 atom stereocenters. The Morgan fingerprint density at radius 3 is 2.77 bits per heavy atom. The fraction of sp³-hybridized carbons (Fsp3) is 0.423. The van der Waals surface area contributed by atoms with Crippen LogP contribution in [0.1, 0.15) is 36.3 Å². The highest BCUT2D eigenvalue weighted by Crippen LogP contribution is 2.25. The van der Waals surface area contributed by atoms with Gasteiger partial charge in [-0.2, -0.15) is 10.2 Å². The number of pyridine rings is 1. The van der Waals surface area contributed by atoms with Gasteiger partial charge < -0.3 is 18.9 Å². The molecule has 0 N–H and O–H groups in total. The van der Waals surface area contributed by atoms with Crippen molar-refractivity contribution in [3.8, 4) is 11.9 Å². The lowest BCUT2D eigenvalue weighted by Crippen LogP contribution is -2.48. The molecule has 0 aliphatic carbocycles. The minimum Gasteiger partial charge on any atom is -0.473 e. The fourth-order valence-electron chi connectivity index (χ4n) is 4.54. The monoisotopic (exact) mass is 476 g/mol. The molecule has 0 saturated carbocycles. The molecule has 2 fully saturated rings. The number of nitriles is 1. The van der Waals surface area contributed by atoms with E-state index in [0.29, 0.717) is 17.5 Å². The Hall–Kier alpha value is -3.48. The van der Waals surface area contributed by atoms with Gasteiger partial charge in [-0.15, -0.1) is 0 Å². The van der Waals surface area contributed by atoms with Gasteiger partial charge in [0.05, 0.1) is 30.3 Å². The third kappa shape index (κ3) is 5.29. The molecule has 2 aromatic heterocycles. The summed E-state index contributed by atoms with van der Waals surface area (Å²) in [4.78, 5) is 14.0. The van der Waals surface area contributed by atoms with Crippen molar-refractivity contribution in [2.75, 3.05) is 37.7 Å². The minimum absolute atomic E-state index is 0.0534. The zero-order chi connectivity index (χ0) is 24.2. The summed E-state index contributed by atoms with van der Waals surface area (Å²) >= 11 is 0. The summed E-state index contributed by atoms with van der Waals surface area (Å²) in [6, 6.07) is 12.2. The molecule has 2 aliphatic rings. The summed E-state index contributed by atoms with van der Waals surface area (Å²) in [6.07, 6.45) is 5.34. The Morgan fingerprint density at radius 2 is 2.06 bits per heavy atom. The molecular formula is C26H29FN6O2. The quantitative estimate of drug-likeness (QED) is 0.492. The number of hydrogen-bond acceptors (Lipinski definition) is 7. The number of piperazine rings is 1. The van der Waals surface area contributed by atoms with Crippen LogP contribution in [-0.4, -0.2) is 58.3 Å². The molecule has 9 heteroatoms. The second kappa shape index (κ2) is 10.4. The summed E-state index contributed by atoms with van der Waals surface area (Å²) in [6.45, 7) is 7.48. The van der Waals surface area contributed by atoms with E-state index in [1.54, 1.807) is 18.2 Å². The second-order valence-corrected chi connectivity index (χ2v) is 8.96. The SMILES string of the molecule is CC(c1nccn1C[C@@H]1CCO1)N1CCN(c2cccc(OCc3ccc(C#N)cc3F)n2)CC1. The van der Waals surface area contributed by atoms with E-state index in [0.717, 1.165) is 57.4 Å². The molecule has 8 nitrogen and oxygen atoms in total. The number of anilines is 1. The lowest BCUT2D eigenvalue weighted by atomic mass is 10.1. The summed E-state index contributed by atoms with van der Waals surface area (Å²) in [5.74, 6) is 1.92. The van der Waals surface area contributed by atoms with Crippen molar-refractivity contribution in [1.82, 2.24) is 19.4 Å². The third-order valence-electron chi connectivity index (χ3n) is 6.77. The van der Waals surface area contributed by atoms with E-state index in [2.05, 4.69) is 31.3 Å². The molecule has 182 valence electrons. The Labute approximate surface area is 204 Å². The minimum atomic E-state index is -0.453. The van der Waals surface area contributed by atoms with E-state index in [1.807, 2.05) is 30.6 Å². The Morgan fingerprint density at radius 1 is 1.23 bits per heavy atom. The van der Waals surface area contributed by atoms with Crippen molar-refractivity contribution in [1.29, 1.82) is 5.26 Å². The molecule has 0 spiro atoms. The number of hydrogen-bond donors (Lipinski definition) is 0. The van der Waals surface area contributed by atoms with Crippen molar-refractivity contribution in [3.63, 3.8) is 0 Å². The number of nitrogens with zero attached hydrogens (tertiary/aromatic N) is 6. The van der Waals surface area contributed by atoms with Crippen molar-refractivity contribution < 1.29 is 13.9 Å². The number of imidazole rings is 1. The third-order valence-corrected chi connectivity index (χ3v) is 6.77. The first kappa shape index (κ1) is 23.3. The normalized spacial score (nSPS) is 19.1. The smallest absolute Gasteiger partial charge is 0.215 e. The second-order valence-electron chi connectivity index (χ2n) is 8.96. The average molecular weight is 477 g/mol. The van der Waals surface area contributed by atoms with Crippen LogP contribution in [0.5, 0.6) is 5.88 Å². The van der Waals surface area contributed by atoms with Crippen LogP contribution in [0, 0.1) is 17.1 Å². The molecule has 0 amide bonds. The van der Waals surface area contributed by atoms with Gasteiger partial charge >= 0.3 is 0 Å². The van der Waals surface area contributed by atoms with Crippen LogP contribution in [0.25, 0.3) is 0 Å². The van der Waals surface area contributed by atoms with E-state index >= 15 is 0 Å². The number of halogens is 1. The van der Waals surface area contributed by atoms with Crippen LogP contribution in [0.15, 0.2) is 48.8 Å². The molecule has 1 aromatic carbocycles. The van der Waals surface area contributed by atoms with Gasteiger partial charge in [0.2, 0.25) is 5.88 Å². The highest BCUT2D eigenvalue weighted by atomic mass is 19.1. The van der Waals surface area contributed by atoms with E-state index < -0.39 is 5.82 Å². The summed E-state index contributed by atoms with van der Waals surface area (Å²) in [5.41, 5.74) is 0.678. The highest BCUT2D eigenvalue weighted by molar-refractivity contribution is 5.41. The van der Waals surface area contributed by atoms with Crippen LogP contribution in [0.2, 0.25) is 0 Å². The maximum atomic E-state index is 14.1. The molecular weight excluding hydrogens is 447 g/mol. The number of ether oxygens (including phenoxy) is 2. The fourth-order valence-corrected chi connectivity index (χ4v) is 4.54. The molecule has 5 rings (SSSR count). The van der Waals surface area contributed by atoms with Crippen molar-refractivity contribution >= 4 is 5.82 Å². The van der Waals surface area contributed by atoms with Crippen LogP contribution in [0.3, 0.4) is 0 Å². The standard InChI is InChI=1S/C26H29FN6O2/c1-19(26-29-8-9-33(26)17-22-7-14-34-22)31-10-12-32(13-11-31)24-3-2-4-25(30-24)35-18-21-6-5-20(16-28)15-23(21)27/h2-6,8-9,15,19,22H,7,10-14,17-18H2,1H3/t19?,22-/m0/s1. The maximum absolute atomic E-state index is 14.1. The van der Waals surface area contributed by atoms with Gasteiger partial charge in [0.15, 0.2) is 0 Å². The Kier molecular flexibility index (Phi) is 6.93. The molecule has 0 radical (unpaired) electrons. The van der Waals surface area contributed by atoms with Gasteiger partial charge in [0.1, 0.15) is 24.1 Å². The number of rotatable bonds is 8. The van der Waals surface area contributed by atoms with Crippen LogP contribution in [0.4, 0.5) is 10.2 Å². The van der Waals surface area contributed by atoms with Crippen LogP contribution in [-0.2, 0) is 17.9 Å². The zero-order valence-electron chi connectivity index (χ0n) is 19.8. The van der Waals surface area contributed by atoms with E-state index in [1.165, 1.54) is 6.07 Å². The number of benzene rings is 1. The lowest BCUT2D eigenvalue weighted by Gasteiger charge is -2.38. The van der Waals surface area contributed by atoms with Gasteiger partial charge in [-0.25, -0.2) is 9.37 Å². The largest absolute Gasteiger partial charge is 0.473 e. The number of aromatic nitrogens is 3. The predicted molar refractivity (Wildman–Crippen MR) is 128 cm³/mol. The predicted octanol–water partition coefficient (Wildman–Crippen LogP) is 3.54. The van der Waals surface area contributed by atoms with Gasteiger partial charge in [0, 0.05) is 56.8 Å². The Bertz CT molecular complexity index is 1200. The van der Waals surface area contributed by atoms with E-state index in [4.69, 9.17) is 14.7 Å². The summed E-state index contributed by atoms with van der Waals surface area (Å²) in [5, 5.41) is 8.89. The van der Waals surface area contributed by atoms with Gasteiger partial charge in [-0.1, -0.05) is 12.1 Å². The molecule has 2 saturated heterocycles. The van der Waals surface area contributed by atoms with Crippen molar-refractivity contribution in [3.05, 3.63) is 71.6 Å². The lowest BCUT2D eigenvalue weighted by molar-refractivity contribution is -0.0599. The summed E-state index contributed by atoms with van der Waals surface area (Å²) in [7, 11) is 0. The van der Waals surface area contributed by atoms with Crippen molar-refractivity contribution in [2.45, 2.75) is 38.6 Å². The van der Waals surface area contributed by atoms with Crippen molar-refractivity contribution in [2.24, 2.45) is 0 Å². The molecule has 0 bridgehead atoms. The topological polar surface area (TPSA) is 79.4 Å². The highest BCUT2D eigenvalue weighted by Gasteiger charge is 2.27. The van der Waals surface area contributed by atoms with Crippen LogP contribution >= 0.6 is 0 Å². The van der Waals surface area contributed by atoms with Gasteiger partial charge in [-0.3, -0.25) is 4.90 Å². The average Bonchev–Trinajstić information content (AvgIpc) is 3.33. The first-order valence-corrected chi connectivity index (χ1v) is 12.0. The molecule has 4 heterocycles. The van der Waals surface area contributed by atoms with E-state index in [9.17, 15) is 4.39 Å². The Balaban J connectivity index is 1.17. The summed E-state index contributed by atoms with van der Waals surface area (Å²) < 4.78 is 27.7. The first-order chi connectivity index (χ1) is 17.1. The zero-order valence-corrected chi connectivity index (χ0v) is 19.8. The van der Waals surface area contributed by atoms with Gasteiger partial charge in [-0.05, 0) is 31.5 Å². The van der Waals surface area contributed by atoms with Crippen LogP contribution < -0.4 is 9.64 Å². The maximum Gasteiger partial charge on any atom is 0.215 e. The molecule has 3 aromatic rings. The van der Waals surface area contributed by atoms with Gasteiger partial charge in [0.25, 0.3) is 0 Å². The molecule has 1 unspecified atom stereocenters. The first-order valence-electron chi connectivity index (χ1n) is 12.0. The van der Waals surface area contributed by atoms with E-state index in [-0.39, 0.29) is 18.2 Å². The molecule has 2 aliphatic heterocycles. The molecule has 35 heavy (non-hydrogen) atoms.